The molecule has 3 rings (SSSR count). The molecule has 4 heteroatoms. The van der Waals surface area contributed by atoms with Gasteiger partial charge >= 0.3 is 0 Å². The van der Waals surface area contributed by atoms with Crippen molar-refractivity contribution < 1.29 is 13.9 Å². The van der Waals surface area contributed by atoms with Crippen molar-refractivity contribution in [2.75, 3.05) is 27.2 Å². The van der Waals surface area contributed by atoms with E-state index in [0.29, 0.717) is 23.5 Å². The van der Waals surface area contributed by atoms with Crippen LogP contribution in [0.2, 0.25) is 0 Å². The summed E-state index contributed by atoms with van der Waals surface area (Å²) in [6.45, 7) is 5.31. The van der Waals surface area contributed by atoms with Gasteiger partial charge in [-0.2, -0.15) is 0 Å². The summed E-state index contributed by atoms with van der Waals surface area (Å²) < 4.78 is 19.8. The molecule has 31 heavy (non-hydrogen) atoms. The fourth-order valence-corrected chi connectivity index (χ4v) is 3.37. The number of carbonyl (C=O) groups is 1. The molecule has 0 heterocycles. The van der Waals surface area contributed by atoms with Crippen LogP contribution in [0.3, 0.4) is 0 Å². The molecule has 0 fully saturated rings. The average molecular weight is 418 g/mol. The smallest absolute Gasteiger partial charge is 0.189 e. The fourth-order valence-electron chi connectivity index (χ4n) is 3.37. The Morgan fingerprint density at radius 1 is 0.968 bits per heavy atom. The number of halogens is 1. The van der Waals surface area contributed by atoms with Crippen LogP contribution in [-0.2, 0) is 0 Å². The van der Waals surface area contributed by atoms with Gasteiger partial charge in [-0.1, -0.05) is 53.6 Å². The highest BCUT2D eigenvalue weighted by Crippen LogP contribution is 2.29. The summed E-state index contributed by atoms with van der Waals surface area (Å²) in [5, 5.41) is 0. The lowest BCUT2D eigenvalue weighted by molar-refractivity contribution is 0.104. The van der Waals surface area contributed by atoms with Crippen LogP contribution in [0.25, 0.3) is 17.2 Å². The van der Waals surface area contributed by atoms with Crippen LogP contribution in [0.15, 0.2) is 66.7 Å². The van der Waals surface area contributed by atoms with Crippen LogP contribution in [0.5, 0.6) is 5.75 Å². The van der Waals surface area contributed by atoms with E-state index >= 15 is 0 Å². The lowest BCUT2D eigenvalue weighted by atomic mass is 9.97. The Hall–Kier alpha value is -3.24. The molecule has 3 aromatic carbocycles. The Kier molecular flexibility index (Phi) is 7.37. The van der Waals surface area contributed by atoms with E-state index in [1.165, 1.54) is 18.2 Å². The highest BCUT2D eigenvalue weighted by Gasteiger charge is 2.13. The van der Waals surface area contributed by atoms with E-state index in [1.807, 2.05) is 37.2 Å². The maximum atomic E-state index is 13.9. The number of carbonyl (C=O) groups excluding carboxylic acids is 1. The SMILES string of the molecule is Cc1cc(C)cc(-c2ccc(OCCN(C)C)c(C(=O)C=Cc3ccccc3F)c2)c1. The molecule has 0 amide bonds. The maximum Gasteiger partial charge on any atom is 0.189 e. The van der Waals surface area contributed by atoms with Gasteiger partial charge in [0, 0.05) is 12.1 Å². The highest BCUT2D eigenvalue weighted by molar-refractivity contribution is 6.09. The van der Waals surface area contributed by atoms with E-state index in [1.54, 1.807) is 18.2 Å². The van der Waals surface area contributed by atoms with E-state index in [9.17, 15) is 9.18 Å². The molecule has 0 aliphatic heterocycles. The number of hydrogen-bond donors (Lipinski definition) is 0. The molecule has 3 aromatic rings. The van der Waals surface area contributed by atoms with Gasteiger partial charge in [0.2, 0.25) is 0 Å². The van der Waals surface area contributed by atoms with Crippen molar-refractivity contribution >= 4 is 11.9 Å². The van der Waals surface area contributed by atoms with Crippen LogP contribution in [0, 0.1) is 19.7 Å². The normalized spacial score (nSPS) is 11.3. The summed E-state index contributed by atoms with van der Waals surface area (Å²) in [6, 6.07) is 18.3. The molecule has 0 saturated heterocycles. The standard InChI is InChI=1S/C27H28FNO2/c1-19-15-20(2)17-23(16-19)22-10-12-27(31-14-13-29(3)4)24(18-22)26(30)11-9-21-7-5-6-8-25(21)28/h5-12,15-18H,13-14H2,1-4H3. The van der Waals surface area contributed by atoms with Crippen molar-refractivity contribution in [3.05, 3.63) is 94.8 Å². The summed E-state index contributed by atoms with van der Waals surface area (Å²) >= 11 is 0. The van der Waals surface area contributed by atoms with E-state index in [-0.39, 0.29) is 11.6 Å². The Balaban J connectivity index is 1.96. The first-order chi connectivity index (χ1) is 14.8. The minimum Gasteiger partial charge on any atom is -0.491 e. The molecule has 0 aromatic heterocycles. The van der Waals surface area contributed by atoms with Crippen molar-refractivity contribution in [1.29, 1.82) is 0 Å². The van der Waals surface area contributed by atoms with Gasteiger partial charge in [-0.15, -0.1) is 0 Å². The number of likely N-dealkylation sites (N-methyl/N-ethyl adjacent to an activating group) is 1. The third kappa shape index (κ3) is 6.12. The van der Waals surface area contributed by atoms with Crippen LogP contribution >= 0.6 is 0 Å². The number of allylic oxidation sites excluding steroid dienone is 1. The molecule has 0 aliphatic rings. The Labute approximate surface area is 183 Å². The van der Waals surface area contributed by atoms with Gasteiger partial charge in [0.15, 0.2) is 5.78 Å². The first-order valence-corrected chi connectivity index (χ1v) is 10.3. The van der Waals surface area contributed by atoms with Gasteiger partial charge < -0.3 is 9.64 Å². The van der Waals surface area contributed by atoms with Crippen LogP contribution in [-0.4, -0.2) is 37.9 Å². The van der Waals surface area contributed by atoms with Crippen molar-refractivity contribution in [3.8, 4) is 16.9 Å². The molecule has 0 saturated carbocycles. The van der Waals surface area contributed by atoms with Gasteiger partial charge in [-0.25, -0.2) is 4.39 Å². The minimum absolute atomic E-state index is 0.227. The summed E-state index contributed by atoms with van der Waals surface area (Å²) in [7, 11) is 3.94. The number of ketones is 1. The summed E-state index contributed by atoms with van der Waals surface area (Å²) in [5.41, 5.74) is 5.14. The molecule has 0 radical (unpaired) electrons. The molecule has 0 N–H and O–H groups in total. The van der Waals surface area contributed by atoms with Gasteiger partial charge in [0.25, 0.3) is 0 Å². The average Bonchev–Trinajstić information content (AvgIpc) is 2.72. The number of nitrogens with zero attached hydrogens (tertiary/aromatic N) is 1. The Morgan fingerprint density at radius 3 is 2.35 bits per heavy atom. The minimum atomic E-state index is -0.363. The molecule has 0 spiro atoms. The number of ether oxygens (including phenoxy) is 1. The van der Waals surface area contributed by atoms with E-state index < -0.39 is 0 Å². The van der Waals surface area contributed by atoms with Crippen molar-refractivity contribution in [2.24, 2.45) is 0 Å². The largest absolute Gasteiger partial charge is 0.491 e. The topological polar surface area (TPSA) is 29.5 Å². The molecular formula is C27H28FNO2. The summed E-state index contributed by atoms with van der Waals surface area (Å²) in [6.07, 6.45) is 2.91. The van der Waals surface area contributed by atoms with Gasteiger partial charge in [-0.3, -0.25) is 4.79 Å². The lowest BCUT2D eigenvalue weighted by Crippen LogP contribution is -2.20. The zero-order valence-electron chi connectivity index (χ0n) is 18.5. The molecule has 0 bridgehead atoms. The van der Waals surface area contributed by atoms with E-state index in [4.69, 9.17) is 4.74 Å². The number of hydrogen-bond acceptors (Lipinski definition) is 3. The lowest BCUT2D eigenvalue weighted by Gasteiger charge is -2.14. The van der Waals surface area contributed by atoms with Crippen molar-refractivity contribution in [2.45, 2.75) is 13.8 Å². The zero-order valence-corrected chi connectivity index (χ0v) is 18.5. The fraction of sp³-hybridized carbons (Fsp3) is 0.222. The van der Waals surface area contributed by atoms with E-state index in [0.717, 1.165) is 28.8 Å². The first kappa shape index (κ1) is 22.4. The highest BCUT2D eigenvalue weighted by atomic mass is 19.1. The van der Waals surface area contributed by atoms with Gasteiger partial charge in [0.05, 0.1) is 5.56 Å². The third-order valence-corrected chi connectivity index (χ3v) is 4.92. The monoisotopic (exact) mass is 417 g/mol. The Morgan fingerprint density at radius 2 is 1.68 bits per heavy atom. The first-order valence-electron chi connectivity index (χ1n) is 10.3. The molecule has 0 aliphatic carbocycles. The number of benzene rings is 3. The van der Waals surface area contributed by atoms with Crippen molar-refractivity contribution in [3.63, 3.8) is 0 Å². The van der Waals surface area contributed by atoms with Crippen LogP contribution in [0.4, 0.5) is 4.39 Å². The number of aryl methyl sites for hydroxylation is 2. The third-order valence-electron chi connectivity index (χ3n) is 4.92. The maximum absolute atomic E-state index is 13.9. The second kappa shape index (κ2) is 10.2. The molecule has 3 nitrogen and oxygen atoms in total. The molecule has 0 unspecified atom stereocenters. The van der Waals surface area contributed by atoms with Crippen molar-refractivity contribution in [1.82, 2.24) is 4.90 Å². The van der Waals surface area contributed by atoms with Crippen LogP contribution in [0.1, 0.15) is 27.0 Å². The predicted octanol–water partition coefficient (Wildman–Crippen LogP) is 5.95. The Bertz CT molecular complexity index is 1080. The summed E-state index contributed by atoms with van der Waals surface area (Å²) in [4.78, 5) is 15.1. The molecule has 160 valence electrons. The van der Waals surface area contributed by atoms with E-state index in [2.05, 4.69) is 32.0 Å². The van der Waals surface area contributed by atoms with Gasteiger partial charge in [0.1, 0.15) is 18.2 Å². The quantitative estimate of drug-likeness (QED) is 0.335. The van der Waals surface area contributed by atoms with Crippen LogP contribution < -0.4 is 4.74 Å². The number of rotatable bonds is 8. The predicted molar refractivity (Wildman–Crippen MR) is 125 cm³/mol. The molecule has 0 atom stereocenters. The zero-order chi connectivity index (χ0) is 22.4. The second-order valence-corrected chi connectivity index (χ2v) is 7.96. The summed E-state index contributed by atoms with van der Waals surface area (Å²) in [5.74, 6) is -0.0644. The van der Waals surface area contributed by atoms with Gasteiger partial charge in [-0.05, 0) is 69.4 Å². The second-order valence-electron chi connectivity index (χ2n) is 7.96. The molecular weight excluding hydrogens is 389 g/mol.